The van der Waals surface area contributed by atoms with Crippen LogP contribution in [0.3, 0.4) is 0 Å². The lowest BCUT2D eigenvalue weighted by atomic mass is 9.89. The van der Waals surface area contributed by atoms with Crippen LogP contribution in [0.1, 0.15) is 18.6 Å². The van der Waals surface area contributed by atoms with Crippen LogP contribution in [-0.2, 0) is 4.79 Å². The molecule has 1 aromatic rings. The van der Waals surface area contributed by atoms with Gasteiger partial charge in [-0.25, -0.2) is 4.79 Å². The van der Waals surface area contributed by atoms with Gasteiger partial charge >= 0.3 is 6.03 Å². The molecule has 0 saturated carbocycles. The molecule has 0 aliphatic carbocycles. The van der Waals surface area contributed by atoms with Crippen molar-refractivity contribution in [2.75, 3.05) is 0 Å². The summed E-state index contributed by atoms with van der Waals surface area (Å²) in [5, 5.41) is 14.7. The van der Waals surface area contributed by atoms with Crippen molar-refractivity contribution in [2.45, 2.75) is 18.6 Å². The fraction of sp³-hybridized carbons (Fsp3) is 0.273. The Bertz CT molecular complexity index is 474. The van der Waals surface area contributed by atoms with Crippen molar-refractivity contribution >= 4 is 27.9 Å². The fourth-order valence-corrected chi connectivity index (χ4v) is 1.99. The molecule has 2 unspecified atom stereocenters. The summed E-state index contributed by atoms with van der Waals surface area (Å²) in [4.78, 5) is 22.7. The van der Waals surface area contributed by atoms with Crippen LogP contribution in [0.4, 0.5) is 4.79 Å². The van der Waals surface area contributed by atoms with Crippen LogP contribution in [0.15, 0.2) is 28.7 Å². The normalized spacial score (nSPS) is 25.4. The molecule has 3 N–H and O–H groups in total. The Morgan fingerprint density at radius 3 is 2.35 bits per heavy atom. The van der Waals surface area contributed by atoms with Crippen molar-refractivity contribution in [1.82, 2.24) is 10.6 Å². The molecular formula is C11H11BrN2O3. The maximum Gasteiger partial charge on any atom is 0.322 e. The quantitative estimate of drug-likeness (QED) is 0.715. The van der Waals surface area contributed by atoms with Gasteiger partial charge in [0.15, 0.2) is 0 Å². The van der Waals surface area contributed by atoms with E-state index in [1.165, 1.54) is 6.92 Å². The lowest BCUT2D eigenvalue weighted by Gasteiger charge is -2.27. The number of urea groups is 1. The van der Waals surface area contributed by atoms with E-state index in [2.05, 4.69) is 26.6 Å². The molecule has 1 aliphatic rings. The maximum absolute atomic E-state index is 11.6. The highest BCUT2D eigenvalue weighted by Gasteiger charge is 2.48. The van der Waals surface area contributed by atoms with Crippen LogP contribution in [0.2, 0.25) is 0 Å². The molecule has 1 fully saturated rings. The van der Waals surface area contributed by atoms with Crippen molar-refractivity contribution < 1.29 is 14.7 Å². The third-order valence-corrected chi connectivity index (χ3v) is 3.33. The summed E-state index contributed by atoms with van der Waals surface area (Å²) in [7, 11) is 0. The van der Waals surface area contributed by atoms with Crippen molar-refractivity contribution in [3.8, 4) is 0 Å². The van der Waals surface area contributed by atoms with Gasteiger partial charge in [0.2, 0.25) is 0 Å². The predicted octanol–water partition coefficient (Wildman–Crippen LogP) is 1.08. The van der Waals surface area contributed by atoms with E-state index in [4.69, 9.17) is 0 Å². The first-order valence-electron chi connectivity index (χ1n) is 5.00. The molecule has 17 heavy (non-hydrogen) atoms. The zero-order chi connectivity index (χ0) is 12.6. The minimum absolute atomic E-state index is 0.530. The number of carbonyl (C=O) groups is 2. The summed E-state index contributed by atoms with van der Waals surface area (Å²) in [6.07, 6.45) is -1.10. The highest BCUT2D eigenvalue weighted by molar-refractivity contribution is 9.10. The van der Waals surface area contributed by atoms with Crippen LogP contribution in [0.25, 0.3) is 0 Å². The highest BCUT2D eigenvalue weighted by Crippen LogP contribution is 2.29. The summed E-state index contributed by atoms with van der Waals surface area (Å²) in [5.41, 5.74) is -0.765. The smallest absolute Gasteiger partial charge is 0.322 e. The van der Waals surface area contributed by atoms with E-state index in [-0.39, 0.29) is 0 Å². The fourth-order valence-electron chi connectivity index (χ4n) is 1.73. The van der Waals surface area contributed by atoms with Crippen molar-refractivity contribution in [2.24, 2.45) is 0 Å². The number of hydrogen-bond acceptors (Lipinski definition) is 3. The number of benzene rings is 1. The first kappa shape index (κ1) is 12.1. The van der Waals surface area contributed by atoms with Gasteiger partial charge in [-0.2, -0.15) is 0 Å². The molecule has 2 atom stereocenters. The number of amides is 3. The second-order valence-corrected chi connectivity index (χ2v) is 4.98. The maximum atomic E-state index is 11.6. The van der Waals surface area contributed by atoms with Crippen LogP contribution in [0.5, 0.6) is 0 Å². The standard InChI is InChI=1S/C11H11BrN2O3/c1-11(9(16)13-10(17)14-11)8(15)6-2-4-7(12)5-3-6/h2-5,8,15H,1H3,(H2,13,14,16,17). The third kappa shape index (κ3) is 2.05. The molecule has 3 amide bonds. The topological polar surface area (TPSA) is 78.4 Å². The summed E-state index contributed by atoms with van der Waals surface area (Å²) >= 11 is 3.28. The number of aliphatic hydroxyl groups is 1. The van der Waals surface area contributed by atoms with E-state index in [0.29, 0.717) is 5.56 Å². The van der Waals surface area contributed by atoms with Crippen LogP contribution < -0.4 is 10.6 Å². The first-order chi connectivity index (χ1) is 7.93. The Hall–Kier alpha value is -1.40. The molecule has 5 nitrogen and oxygen atoms in total. The number of halogens is 1. The van der Waals surface area contributed by atoms with Crippen molar-refractivity contribution in [3.05, 3.63) is 34.3 Å². The second-order valence-electron chi connectivity index (χ2n) is 4.06. The van der Waals surface area contributed by atoms with Crippen LogP contribution >= 0.6 is 15.9 Å². The Balaban J connectivity index is 2.31. The van der Waals surface area contributed by atoms with E-state index in [9.17, 15) is 14.7 Å². The Kier molecular flexibility index (Phi) is 2.92. The third-order valence-electron chi connectivity index (χ3n) is 2.80. The Morgan fingerprint density at radius 2 is 1.88 bits per heavy atom. The van der Waals surface area contributed by atoms with Crippen LogP contribution in [0, 0.1) is 0 Å². The van der Waals surface area contributed by atoms with Gasteiger partial charge in [-0.1, -0.05) is 28.1 Å². The van der Waals surface area contributed by atoms with E-state index < -0.39 is 23.6 Å². The second kappa shape index (κ2) is 4.12. The molecule has 1 saturated heterocycles. The summed E-state index contributed by atoms with van der Waals surface area (Å²) in [6, 6.07) is 6.32. The molecule has 1 heterocycles. The first-order valence-corrected chi connectivity index (χ1v) is 5.80. The van der Waals surface area contributed by atoms with E-state index in [0.717, 1.165) is 4.47 Å². The molecule has 0 radical (unpaired) electrons. The van der Waals surface area contributed by atoms with Gasteiger partial charge in [0.1, 0.15) is 11.6 Å². The largest absolute Gasteiger partial charge is 0.385 e. The number of nitrogens with one attached hydrogen (secondary N) is 2. The monoisotopic (exact) mass is 298 g/mol. The minimum Gasteiger partial charge on any atom is -0.385 e. The molecule has 6 heteroatoms. The predicted molar refractivity (Wildman–Crippen MR) is 64.2 cm³/mol. The Morgan fingerprint density at radius 1 is 1.29 bits per heavy atom. The molecule has 90 valence electrons. The number of hydrogen-bond donors (Lipinski definition) is 3. The molecule has 0 spiro atoms. The van der Waals surface area contributed by atoms with Crippen molar-refractivity contribution in [1.29, 1.82) is 0 Å². The van der Waals surface area contributed by atoms with Gasteiger partial charge in [-0.3, -0.25) is 10.1 Å². The van der Waals surface area contributed by atoms with Gasteiger partial charge in [-0.05, 0) is 24.6 Å². The summed E-state index contributed by atoms with van der Waals surface area (Å²) < 4.78 is 0.874. The van der Waals surface area contributed by atoms with Crippen LogP contribution in [-0.4, -0.2) is 22.6 Å². The highest BCUT2D eigenvalue weighted by atomic mass is 79.9. The zero-order valence-electron chi connectivity index (χ0n) is 9.03. The molecule has 0 aromatic heterocycles. The SMILES string of the molecule is CC1(C(O)c2ccc(Br)cc2)NC(=O)NC1=O. The average molecular weight is 299 g/mol. The molecule has 0 bridgehead atoms. The molecule has 1 aromatic carbocycles. The van der Waals surface area contributed by atoms with Gasteiger partial charge in [0.05, 0.1) is 0 Å². The van der Waals surface area contributed by atoms with Crippen molar-refractivity contribution in [3.63, 3.8) is 0 Å². The summed E-state index contributed by atoms with van der Waals surface area (Å²) in [6.45, 7) is 1.49. The summed E-state index contributed by atoms with van der Waals surface area (Å²) in [5.74, 6) is -0.530. The Labute approximate surface area is 106 Å². The number of aliphatic hydroxyl groups excluding tert-OH is 1. The van der Waals surface area contributed by atoms with E-state index >= 15 is 0 Å². The lowest BCUT2D eigenvalue weighted by molar-refractivity contribution is -0.127. The zero-order valence-corrected chi connectivity index (χ0v) is 10.6. The van der Waals surface area contributed by atoms with E-state index in [1.54, 1.807) is 24.3 Å². The van der Waals surface area contributed by atoms with Gasteiger partial charge in [-0.15, -0.1) is 0 Å². The number of imide groups is 1. The number of rotatable bonds is 2. The number of carbonyl (C=O) groups excluding carboxylic acids is 2. The molecule has 2 rings (SSSR count). The van der Waals surface area contributed by atoms with Gasteiger partial charge in [0, 0.05) is 4.47 Å². The molecular weight excluding hydrogens is 288 g/mol. The van der Waals surface area contributed by atoms with Gasteiger partial charge < -0.3 is 10.4 Å². The average Bonchev–Trinajstić information content (AvgIpc) is 2.54. The van der Waals surface area contributed by atoms with Gasteiger partial charge in [0.25, 0.3) is 5.91 Å². The lowest BCUT2D eigenvalue weighted by Crippen LogP contribution is -2.49. The minimum atomic E-state index is -1.33. The molecule has 1 aliphatic heterocycles. The van der Waals surface area contributed by atoms with E-state index in [1.807, 2.05) is 0 Å².